The van der Waals surface area contributed by atoms with E-state index in [1.165, 1.54) is 0 Å². The number of aliphatic hydroxyl groups excluding tert-OH is 1. The lowest BCUT2D eigenvalue weighted by Gasteiger charge is -2.34. The molecule has 1 aromatic carbocycles. The van der Waals surface area contributed by atoms with Gasteiger partial charge in [-0.15, -0.1) is 12.4 Å². The van der Waals surface area contributed by atoms with E-state index in [-0.39, 0.29) is 24.6 Å². The van der Waals surface area contributed by atoms with Gasteiger partial charge in [-0.3, -0.25) is 0 Å². The maximum absolute atomic E-state index is 12.1. The summed E-state index contributed by atoms with van der Waals surface area (Å²) in [7, 11) is 0. The van der Waals surface area contributed by atoms with Gasteiger partial charge in [0.15, 0.2) is 0 Å². The number of aliphatic hydroxyl groups is 1. The third-order valence-electron chi connectivity index (χ3n) is 4.71. The van der Waals surface area contributed by atoms with Crippen molar-refractivity contribution in [1.82, 2.24) is 10.2 Å². The molecule has 6 heteroatoms. The van der Waals surface area contributed by atoms with Crippen molar-refractivity contribution in [3.05, 3.63) is 35.9 Å². The summed E-state index contributed by atoms with van der Waals surface area (Å²) in [4.78, 5) is 13.9. The first kappa shape index (κ1) is 18.0. The van der Waals surface area contributed by atoms with Crippen molar-refractivity contribution in [2.24, 2.45) is 5.92 Å². The van der Waals surface area contributed by atoms with Crippen molar-refractivity contribution in [3.8, 4) is 0 Å². The van der Waals surface area contributed by atoms with Crippen LogP contribution >= 0.6 is 12.4 Å². The van der Waals surface area contributed by atoms with Gasteiger partial charge in [0, 0.05) is 25.7 Å². The SMILES string of the molecule is Cl.O=C(OCc1ccccc1)N1CCC(C2CC(O)CN2)CC1. The number of hydrogen-bond acceptors (Lipinski definition) is 4. The van der Waals surface area contributed by atoms with Gasteiger partial charge >= 0.3 is 6.09 Å². The maximum Gasteiger partial charge on any atom is 0.410 e. The predicted molar refractivity (Wildman–Crippen MR) is 90.6 cm³/mol. The number of carbonyl (C=O) groups is 1. The molecule has 128 valence electrons. The Kier molecular flexibility index (Phi) is 6.69. The van der Waals surface area contributed by atoms with Crippen LogP contribution in [0, 0.1) is 5.92 Å². The molecule has 0 radical (unpaired) electrons. The molecule has 2 fully saturated rings. The second-order valence-corrected chi connectivity index (χ2v) is 6.27. The Bertz CT molecular complexity index is 492. The van der Waals surface area contributed by atoms with E-state index in [1.54, 1.807) is 4.90 Å². The van der Waals surface area contributed by atoms with Crippen LogP contribution in [0.3, 0.4) is 0 Å². The Morgan fingerprint density at radius 1 is 1.26 bits per heavy atom. The molecule has 2 aliphatic heterocycles. The van der Waals surface area contributed by atoms with Gasteiger partial charge in [-0.25, -0.2) is 4.79 Å². The van der Waals surface area contributed by atoms with Crippen molar-refractivity contribution in [1.29, 1.82) is 0 Å². The molecule has 23 heavy (non-hydrogen) atoms. The normalized spacial score (nSPS) is 25.0. The van der Waals surface area contributed by atoms with E-state index in [9.17, 15) is 9.90 Å². The summed E-state index contributed by atoms with van der Waals surface area (Å²) in [6, 6.07) is 10.1. The molecule has 0 aromatic heterocycles. The number of hydrogen-bond donors (Lipinski definition) is 2. The number of ether oxygens (including phenoxy) is 1. The average molecular weight is 341 g/mol. The first-order chi connectivity index (χ1) is 10.7. The highest BCUT2D eigenvalue weighted by Crippen LogP contribution is 2.26. The van der Waals surface area contributed by atoms with Crippen LogP contribution in [0.15, 0.2) is 30.3 Å². The molecular formula is C17H25ClN2O3. The molecule has 2 saturated heterocycles. The van der Waals surface area contributed by atoms with Crippen molar-refractivity contribution < 1.29 is 14.6 Å². The van der Waals surface area contributed by atoms with Crippen molar-refractivity contribution in [2.75, 3.05) is 19.6 Å². The standard InChI is InChI=1S/C17H24N2O3.ClH/c20-15-10-16(18-11-15)14-6-8-19(9-7-14)17(21)22-12-13-4-2-1-3-5-13;/h1-5,14-16,18,20H,6-12H2;1H. The van der Waals surface area contributed by atoms with E-state index in [0.717, 1.165) is 37.9 Å². The van der Waals surface area contributed by atoms with Crippen molar-refractivity contribution in [3.63, 3.8) is 0 Å². The number of nitrogens with one attached hydrogen (secondary N) is 1. The molecule has 2 aliphatic rings. The molecule has 0 aliphatic carbocycles. The average Bonchev–Trinajstić information content (AvgIpc) is 3.00. The van der Waals surface area contributed by atoms with Gasteiger partial charge in [0.2, 0.25) is 0 Å². The highest BCUT2D eigenvalue weighted by Gasteiger charge is 2.33. The first-order valence-electron chi connectivity index (χ1n) is 8.09. The third kappa shape index (κ3) is 4.83. The smallest absolute Gasteiger partial charge is 0.410 e. The largest absolute Gasteiger partial charge is 0.445 e. The highest BCUT2D eigenvalue weighted by molar-refractivity contribution is 5.85. The molecule has 3 rings (SSSR count). The van der Waals surface area contributed by atoms with E-state index in [1.807, 2.05) is 30.3 Å². The molecule has 0 spiro atoms. The van der Waals surface area contributed by atoms with E-state index in [2.05, 4.69) is 5.32 Å². The summed E-state index contributed by atoms with van der Waals surface area (Å²) in [5.41, 5.74) is 1.01. The number of carbonyl (C=O) groups excluding carboxylic acids is 1. The molecule has 1 amide bonds. The summed E-state index contributed by atoms with van der Waals surface area (Å²) >= 11 is 0. The Morgan fingerprint density at radius 3 is 2.57 bits per heavy atom. The minimum atomic E-state index is -0.221. The number of rotatable bonds is 3. The fraction of sp³-hybridized carbons (Fsp3) is 0.588. The van der Waals surface area contributed by atoms with Crippen LogP contribution in [0.2, 0.25) is 0 Å². The molecule has 2 atom stereocenters. The Morgan fingerprint density at radius 2 is 1.96 bits per heavy atom. The van der Waals surface area contributed by atoms with Crippen molar-refractivity contribution >= 4 is 18.5 Å². The van der Waals surface area contributed by atoms with E-state index < -0.39 is 0 Å². The van der Waals surface area contributed by atoms with Gasteiger partial charge in [0.05, 0.1) is 6.10 Å². The number of benzene rings is 1. The summed E-state index contributed by atoms with van der Waals surface area (Å²) in [6.45, 7) is 2.51. The van der Waals surface area contributed by atoms with Crippen molar-refractivity contribution in [2.45, 2.75) is 38.0 Å². The van der Waals surface area contributed by atoms with Gasteiger partial charge in [-0.2, -0.15) is 0 Å². The van der Waals surface area contributed by atoms with E-state index >= 15 is 0 Å². The number of nitrogens with zero attached hydrogens (tertiary/aromatic N) is 1. The summed E-state index contributed by atoms with van der Waals surface area (Å²) in [5, 5.41) is 13.0. The number of piperidine rings is 1. The first-order valence-corrected chi connectivity index (χ1v) is 8.09. The quantitative estimate of drug-likeness (QED) is 0.885. The molecule has 5 nitrogen and oxygen atoms in total. The topological polar surface area (TPSA) is 61.8 Å². The lowest BCUT2D eigenvalue weighted by Crippen LogP contribution is -2.43. The zero-order valence-electron chi connectivity index (χ0n) is 13.2. The second-order valence-electron chi connectivity index (χ2n) is 6.27. The van der Waals surface area contributed by atoms with Gasteiger partial charge in [-0.1, -0.05) is 30.3 Å². The summed E-state index contributed by atoms with van der Waals surface area (Å²) in [6.07, 6.45) is 2.36. The summed E-state index contributed by atoms with van der Waals surface area (Å²) < 4.78 is 5.38. The number of likely N-dealkylation sites (tertiary alicyclic amines) is 1. The fourth-order valence-electron chi connectivity index (χ4n) is 3.40. The predicted octanol–water partition coefficient (Wildman–Crippen LogP) is 2.18. The van der Waals surface area contributed by atoms with E-state index in [4.69, 9.17) is 4.74 Å². The van der Waals surface area contributed by atoms with Gasteiger partial charge in [0.25, 0.3) is 0 Å². The Balaban J connectivity index is 0.00000192. The third-order valence-corrected chi connectivity index (χ3v) is 4.71. The monoisotopic (exact) mass is 340 g/mol. The molecular weight excluding hydrogens is 316 g/mol. The van der Waals surface area contributed by atoms with E-state index in [0.29, 0.717) is 25.1 Å². The number of halogens is 1. The molecule has 0 bridgehead atoms. The van der Waals surface area contributed by atoms with Crippen LogP contribution in [0.1, 0.15) is 24.8 Å². The lowest BCUT2D eigenvalue weighted by molar-refractivity contribution is 0.0782. The molecule has 0 saturated carbocycles. The molecule has 2 heterocycles. The van der Waals surface area contributed by atoms with Crippen LogP contribution in [0.25, 0.3) is 0 Å². The lowest BCUT2D eigenvalue weighted by atomic mass is 9.88. The zero-order valence-corrected chi connectivity index (χ0v) is 14.0. The minimum Gasteiger partial charge on any atom is -0.445 e. The van der Waals surface area contributed by atoms with Gasteiger partial charge in [0.1, 0.15) is 6.61 Å². The Labute approximate surface area is 143 Å². The van der Waals surface area contributed by atoms with Crippen LogP contribution in [0.4, 0.5) is 4.79 Å². The number of β-amino-alcohol motifs (C(OH)–C–C–N with tert-alkyl or cyclic N) is 1. The number of amides is 1. The van der Waals surface area contributed by atoms with Crippen LogP contribution in [0.5, 0.6) is 0 Å². The Hall–Kier alpha value is -1.30. The van der Waals surface area contributed by atoms with Gasteiger partial charge in [-0.05, 0) is 30.7 Å². The minimum absolute atomic E-state index is 0. The fourth-order valence-corrected chi connectivity index (χ4v) is 3.40. The highest BCUT2D eigenvalue weighted by atomic mass is 35.5. The van der Waals surface area contributed by atoms with Crippen LogP contribution < -0.4 is 5.32 Å². The van der Waals surface area contributed by atoms with Crippen LogP contribution in [-0.4, -0.2) is 47.9 Å². The van der Waals surface area contributed by atoms with Gasteiger partial charge < -0.3 is 20.1 Å². The molecule has 2 unspecified atom stereocenters. The van der Waals surface area contributed by atoms with Crippen LogP contribution in [-0.2, 0) is 11.3 Å². The summed E-state index contributed by atoms with van der Waals surface area (Å²) in [5.74, 6) is 0.551. The second kappa shape index (κ2) is 8.52. The molecule has 1 aromatic rings. The maximum atomic E-state index is 12.1. The molecule has 2 N–H and O–H groups in total. The zero-order chi connectivity index (χ0) is 15.4.